The van der Waals surface area contributed by atoms with E-state index in [1.807, 2.05) is 0 Å². The molecule has 0 aliphatic rings. The second kappa shape index (κ2) is 5.35. The quantitative estimate of drug-likeness (QED) is 0.278. The van der Waals surface area contributed by atoms with E-state index >= 15 is 0 Å². The zero-order chi connectivity index (χ0) is 10.4. The lowest BCUT2D eigenvalue weighted by atomic mass is 10.3. The molecule has 0 aromatic heterocycles. The summed E-state index contributed by atoms with van der Waals surface area (Å²) < 4.78 is 12.0. The van der Waals surface area contributed by atoms with Gasteiger partial charge in [0.25, 0.3) is 0 Å². The average Bonchev–Trinajstić information content (AvgIpc) is 2.04. The molecule has 0 rings (SSSR count). The van der Waals surface area contributed by atoms with E-state index in [2.05, 4.69) is 13.2 Å². The Morgan fingerprint density at radius 3 is 2.67 bits per heavy atom. The topological polar surface area (TPSA) is 26.3 Å². The summed E-state index contributed by atoms with van der Waals surface area (Å²) >= 11 is 0. The minimum absolute atomic E-state index is 0.425. The molecule has 0 aliphatic carbocycles. The van der Waals surface area contributed by atoms with Crippen molar-refractivity contribution in [2.45, 2.75) is 13.8 Å². The van der Waals surface area contributed by atoms with Crippen LogP contribution in [-0.4, -0.2) is 12.6 Å². The molecule has 0 aromatic carbocycles. The summed E-state index contributed by atoms with van der Waals surface area (Å²) in [5, 5.41) is 0. The highest BCUT2D eigenvalue weighted by Crippen LogP contribution is 1.98. The van der Waals surface area contributed by atoms with E-state index in [9.17, 15) is 4.79 Å². The van der Waals surface area contributed by atoms with E-state index in [0.717, 1.165) is 0 Å². The largest absolute Gasteiger partial charge is 0.458 e. The molecule has 66 valence electrons. The third kappa shape index (κ3) is 4.50. The molecule has 0 radical (unpaired) electrons. The van der Waals surface area contributed by atoms with Gasteiger partial charge in [-0.25, -0.2) is 4.79 Å². The standard InChI is InChI=1S/C10H14O2/c1-5-6-9(4)10(11)12-7-8(2)3/h5-6H,1-2,7H2,3-4H3/i7D. The Morgan fingerprint density at radius 1 is 1.67 bits per heavy atom. The van der Waals surface area contributed by atoms with Crippen LogP contribution in [0.3, 0.4) is 0 Å². The molecule has 0 saturated carbocycles. The third-order valence-corrected chi connectivity index (χ3v) is 1.06. The van der Waals surface area contributed by atoms with Crippen molar-refractivity contribution in [3.05, 3.63) is 36.5 Å². The van der Waals surface area contributed by atoms with Gasteiger partial charge < -0.3 is 4.74 Å². The van der Waals surface area contributed by atoms with Crippen LogP contribution in [0.4, 0.5) is 0 Å². The zero-order valence-corrected chi connectivity index (χ0v) is 7.46. The fourth-order valence-electron chi connectivity index (χ4n) is 0.492. The molecule has 0 bridgehead atoms. The molecule has 0 aliphatic heterocycles. The maximum absolute atomic E-state index is 11.1. The van der Waals surface area contributed by atoms with Crippen LogP contribution in [0, 0.1) is 0 Å². The van der Waals surface area contributed by atoms with Crippen molar-refractivity contribution in [3.63, 3.8) is 0 Å². The molecule has 2 nitrogen and oxygen atoms in total. The van der Waals surface area contributed by atoms with Crippen molar-refractivity contribution in [2.24, 2.45) is 0 Å². The fourth-order valence-corrected chi connectivity index (χ4v) is 0.492. The van der Waals surface area contributed by atoms with Crippen molar-refractivity contribution in [1.82, 2.24) is 0 Å². The van der Waals surface area contributed by atoms with Gasteiger partial charge in [0.1, 0.15) is 6.58 Å². The van der Waals surface area contributed by atoms with Crippen LogP contribution in [0.1, 0.15) is 15.2 Å². The van der Waals surface area contributed by atoms with Gasteiger partial charge in [-0.05, 0) is 19.4 Å². The minimum Gasteiger partial charge on any atom is -0.458 e. The van der Waals surface area contributed by atoms with Crippen LogP contribution in [0.5, 0.6) is 0 Å². The molecular weight excluding hydrogens is 152 g/mol. The van der Waals surface area contributed by atoms with Crippen molar-refractivity contribution in [2.75, 3.05) is 6.58 Å². The summed E-state index contributed by atoms with van der Waals surface area (Å²) in [6, 6.07) is 0. The Bertz CT molecular complexity index is 254. The van der Waals surface area contributed by atoms with Gasteiger partial charge >= 0.3 is 5.97 Å². The Morgan fingerprint density at radius 2 is 2.25 bits per heavy atom. The molecule has 0 spiro atoms. The molecule has 0 N–H and O–H groups in total. The van der Waals surface area contributed by atoms with E-state index in [1.54, 1.807) is 13.8 Å². The molecule has 2 heteroatoms. The number of esters is 1. The first kappa shape index (κ1) is 8.78. The minimum atomic E-state index is -0.985. The van der Waals surface area contributed by atoms with E-state index in [-0.39, 0.29) is 0 Å². The first-order chi connectivity index (χ1) is 5.99. The van der Waals surface area contributed by atoms with Crippen LogP contribution in [-0.2, 0) is 9.53 Å². The average molecular weight is 167 g/mol. The molecule has 0 aromatic rings. The molecule has 0 saturated heterocycles. The highest BCUT2D eigenvalue weighted by Gasteiger charge is 2.03. The van der Waals surface area contributed by atoms with Crippen LogP contribution < -0.4 is 0 Å². The molecule has 0 fully saturated rings. The van der Waals surface area contributed by atoms with E-state index < -0.39 is 12.6 Å². The number of allylic oxidation sites excluding steroid dienone is 2. The third-order valence-electron chi connectivity index (χ3n) is 1.06. The molecule has 1 atom stereocenters. The maximum atomic E-state index is 11.1. The normalized spacial score (nSPS) is 14.5. The smallest absolute Gasteiger partial charge is 0.334 e. The van der Waals surface area contributed by atoms with Crippen LogP contribution in [0.15, 0.2) is 36.5 Å². The number of carbonyl (C=O) groups excluding carboxylic acids is 1. The lowest BCUT2D eigenvalue weighted by Gasteiger charge is -2.02. The van der Waals surface area contributed by atoms with Gasteiger partial charge in [0, 0.05) is 5.57 Å². The Hall–Kier alpha value is -1.31. The van der Waals surface area contributed by atoms with Crippen LogP contribution >= 0.6 is 0 Å². The van der Waals surface area contributed by atoms with Crippen LogP contribution in [0.25, 0.3) is 0 Å². The Labute approximate surface area is 74.6 Å². The van der Waals surface area contributed by atoms with Gasteiger partial charge in [-0.3, -0.25) is 0 Å². The van der Waals surface area contributed by atoms with Crippen molar-refractivity contribution >= 4 is 5.97 Å². The second-order valence-electron chi connectivity index (χ2n) is 2.45. The predicted molar refractivity (Wildman–Crippen MR) is 49.7 cm³/mol. The van der Waals surface area contributed by atoms with Crippen LogP contribution in [0.2, 0.25) is 0 Å². The van der Waals surface area contributed by atoms with Crippen molar-refractivity contribution in [3.8, 4) is 0 Å². The Kier molecular flexibility index (Phi) is 3.92. The molecule has 0 amide bonds. The SMILES string of the molecule is [2H]C(OC(=O)C(C)=CC=C)C(=C)C. The summed E-state index contributed by atoms with van der Waals surface area (Å²) in [4.78, 5) is 11.1. The van der Waals surface area contributed by atoms with E-state index in [1.165, 1.54) is 12.2 Å². The lowest BCUT2D eigenvalue weighted by Crippen LogP contribution is -2.07. The number of hydrogen-bond donors (Lipinski definition) is 0. The highest BCUT2D eigenvalue weighted by atomic mass is 16.5. The second-order valence-corrected chi connectivity index (χ2v) is 2.45. The Balaban J connectivity index is 4.23. The van der Waals surface area contributed by atoms with E-state index in [4.69, 9.17) is 6.11 Å². The van der Waals surface area contributed by atoms with Gasteiger partial charge in [-0.15, -0.1) is 0 Å². The monoisotopic (exact) mass is 167 g/mol. The predicted octanol–water partition coefficient (Wildman–Crippen LogP) is 2.24. The molecular formula is C10H14O2. The molecule has 1 unspecified atom stereocenters. The fraction of sp³-hybridized carbons (Fsp3) is 0.300. The van der Waals surface area contributed by atoms with Gasteiger partial charge in [0.2, 0.25) is 0 Å². The number of hydrogen-bond acceptors (Lipinski definition) is 2. The van der Waals surface area contributed by atoms with Gasteiger partial charge in [-0.1, -0.05) is 25.3 Å². The van der Waals surface area contributed by atoms with E-state index in [0.29, 0.717) is 11.1 Å². The summed E-state index contributed by atoms with van der Waals surface area (Å²) in [5.74, 6) is -0.511. The molecule has 12 heavy (non-hydrogen) atoms. The lowest BCUT2D eigenvalue weighted by molar-refractivity contribution is -0.138. The number of ether oxygens (including phenoxy) is 1. The van der Waals surface area contributed by atoms with Gasteiger partial charge in [0.05, 0.1) is 1.37 Å². The zero-order valence-electron chi connectivity index (χ0n) is 8.46. The molecule has 0 heterocycles. The first-order valence-corrected chi connectivity index (χ1v) is 3.57. The maximum Gasteiger partial charge on any atom is 0.334 e. The summed E-state index contributed by atoms with van der Waals surface area (Å²) in [5.41, 5.74) is 0.924. The van der Waals surface area contributed by atoms with Crippen molar-refractivity contribution < 1.29 is 10.9 Å². The highest BCUT2D eigenvalue weighted by molar-refractivity contribution is 5.88. The number of rotatable bonds is 4. The summed E-state index contributed by atoms with van der Waals surface area (Å²) in [7, 11) is 0. The van der Waals surface area contributed by atoms with Crippen molar-refractivity contribution in [1.29, 1.82) is 0 Å². The number of carbonyl (C=O) groups is 1. The summed E-state index contributed by atoms with van der Waals surface area (Å²) in [6.07, 6.45) is 3.03. The van der Waals surface area contributed by atoms with Gasteiger partial charge in [0.15, 0.2) is 0 Å². The van der Waals surface area contributed by atoms with Gasteiger partial charge in [-0.2, -0.15) is 0 Å². The first-order valence-electron chi connectivity index (χ1n) is 4.14. The summed E-state index contributed by atoms with van der Waals surface area (Å²) in [6.45, 7) is 9.22.